The van der Waals surface area contributed by atoms with Crippen LogP contribution >= 0.6 is 11.6 Å². The van der Waals surface area contributed by atoms with Crippen molar-refractivity contribution in [3.63, 3.8) is 0 Å². The van der Waals surface area contributed by atoms with Crippen LogP contribution < -0.4 is 16.0 Å². The topological polar surface area (TPSA) is 99.2 Å². The van der Waals surface area contributed by atoms with Crippen molar-refractivity contribution in [2.45, 2.75) is 13.1 Å². The fourth-order valence-electron chi connectivity index (χ4n) is 1.98. The van der Waals surface area contributed by atoms with Gasteiger partial charge in [-0.15, -0.1) is 0 Å². The van der Waals surface area contributed by atoms with Gasteiger partial charge in [0.05, 0.1) is 17.2 Å². The van der Waals surface area contributed by atoms with Crippen molar-refractivity contribution >= 4 is 35.1 Å². The zero-order valence-electron chi connectivity index (χ0n) is 13.5. The molecule has 0 saturated carbocycles. The number of urea groups is 1. The molecule has 11 heteroatoms. The van der Waals surface area contributed by atoms with Gasteiger partial charge in [0.15, 0.2) is 0 Å². The van der Waals surface area contributed by atoms with Crippen LogP contribution in [-0.4, -0.2) is 34.3 Å². The molecule has 1 aromatic heterocycles. The Morgan fingerprint density at radius 2 is 1.96 bits per heavy atom. The van der Waals surface area contributed by atoms with Crippen LogP contribution in [0.15, 0.2) is 24.3 Å². The van der Waals surface area contributed by atoms with Crippen molar-refractivity contribution in [3.05, 3.63) is 40.5 Å². The molecule has 1 aromatic carbocycles. The van der Waals surface area contributed by atoms with E-state index < -0.39 is 22.8 Å². The predicted octanol–water partition coefficient (Wildman–Crippen LogP) is 3.51. The molecule has 0 atom stereocenters. The van der Waals surface area contributed by atoms with Gasteiger partial charge >= 0.3 is 12.2 Å². The average molecular weight is 390 g/mol. The highest BCUT2D eigenvalue weighted by atomic mass is 35.5. The molecule has 0 spiro atoms. The van der Waals surface area contributed by atoms with E-state index in [1.165, 1.54) is 6.07 Å². The van der Waals surface area contributed by atoms with Crippen LogP contribution in [0.5, 0.6) is 0 Å². The standard InChI is InChI=1S/C15H15ClF3N5O2/c1-8-6-12(20-4-5-25)23-13(21-8)24-14(26)22-9-2-3-11(16)10(7-9)15(17,18)19/h2-3,6-7,25H,4-5H2,1H3,(H3,20,21,22,23,24,26). The Hall–Kier alpha value is -2.59. The minimum absolute atomic E-state index is 0.0482. The molecule has 0 unspecified atom stereocenters. The largest absolute Gasteiger partial charge is 0.417 e. The minimum Gasteiger partial charge on any atom is -0.395 e. The maximum absolute atomic E-state index is 12.8. The number of carbonyl (C=O) groups excluding carboxylic acids is 1. The Labute approximate surface area is 151 Å². The minimum atomic E-state index is -4.64. The summed E-state index contributed by atoms with van der Waals surface area (Å²) in [5.74, 6) is 0.334. The SMILES string of the molecule is Cc1cc(NCCO)nc(NC(=O)Nc2ccc(Cl)c(C(F)(F)F)c2)n1. The van der Waals surface area contributed by atoms with Crippen LogP contribution in [-0.2, 0) is 6.18 Å². The van der Waals surface area contributed by atoms with Crippen molar-refractivity contribution in [1.82, 2.24) is 9.97 Å². The summed E-state index contributed by atoms with van der Waals surface area (Å²) in [6, 6.07) is 3.79. The summed E-state index contributed by atoms with van der Waals surface area (Å²) in [5.41, 5.74) is -0.605. The number of aromatic nitrogens is 2. The molecule has 7 nitrogen and oxygen atoms in total. The zero-order valence-corrected chi connectivity index (χ0v) is 14.2. The van der Waals surface area contributed by atoms with Crippen LogP contribution in [0.4, 0.5) is 35.4 Å². The van der Waals surface area contributed by atoms with Gasteiger partial charge in [-0.25, -0.2) is 9.78 Å². The van der Waals surface area contributed by atoms with Gasteiger partial charge in [0, 0.05) is 24.0 Å². The van der Waals surface area contributed by atoms with Crippen LogP contribution in [0.1, 0.15) is 11.3 Å². The second-order valence-corrected chi connectivity index (χ2v) is 5.55. The lowest BCUT2D eigenvalue weighted by atomic mass is 10.2. The zero-order chi connectivity index (χ0) is 19.3. The van der Waals surface area contributed by atoms with Crippen molar-refractivity contribution in [3.8, 4) is 0 Å². The number of nitrogens with one attached hydrogen (secondary N) is 3. The summed E-state index contributed by atoms with van der Waals surface area (Å²) in [7, 11) is 0. The molecule has 0 aliphatic carbocycles. The molecular weight excluding hydrogens is 375 g/mol. The summed E-state index contributed by atoms with van der Waals surface area (Å²) >= 11 is 5.53. The van der Waals surface area contributed by atoms with E-state index in [0.717, 1.165) is 12.1 Å². The smallest absolute Gasteiger partial charge is 0.395 e. The van der Waals surface area contributed by atoms with E-state index in [0.29, 0.717) is 11.5 Å². The number of amides is 2. The molecule has 2 amide bonds. The number of nitrogens with zero attached hydrogens (tertiary/aromatic N) is 2. The quantitative estimate of drug-likeness (QED) is 0.627. The highest BCUT2D eigenvalue weighted by molar-refractivity contribution is 6.31. The Bertz CT molecular complexity index is 801. The van der Waals surface area contributed by atoms with Gasteiger partial charge in [-0.05, 0) is 25.1 Å². The number of aliphatic hydroxyl groups excluding tert-OH is 1. The lowest BCUT2D eigenvalue weighted by Gasteiger charge is -2.12. The molecular formula is C15H15ClF3N5O2. The van der Waals surface area contributed by atoms with E-state index in [-0.39, 0.29) is 24.8 Å². The summed E-state index contributed by atoms with van der Waals surface area (Å²) in [5, 5.41) is 15.7. The van der Waals surface area contributed by atoms with Crippen LogP contribution in [0.2, 0.25) is 5.02 Å². The second kappa shape index (κ2) is 8.19. The fraction of sp³-hybridized carbons (Fsp3) is 0.267. The summed E-state index contributed by atoms with van der Waals surface area (Å²) in [4.78, 5) is 20.0. The third kappa shape index (κ3) is 5.46. The summed E-state index contributed by atoms with van der Waals surface area (Å²) in [6.07, 6.45) is -4.64. The molecule has 1 heterocycles. The van der Waals surface area contributed by atoms with E-state index >= 15 is 0 Å². The van der Waals surface area contributed by atoms with E-state index in [4.69, 9.17) is 16.7 Å². The number of carbonyl (C=O) groups is 1. The monoisotopic (exact) mass is 389 g/mol. The third-order valence-electron chi connectivity index (χ3n) is 3.03. The van der Waals surface area contributed by atoms with Crippen LogP contribution in [0.25, 0.3) is 0 Å². The Kier molecular flexibility index (Phi) is 6.22. The molecule has 0 bridgehead atoms. The molecule has 0 aliphatic heterocycles. The fourth-order valence-corrected chi connectivity index (χ4v) is 2.21. The number of rotatable bonds is 5. The van der Waals surface area contributed by atoms with Gasteiger partial charge < -0.3 is 15.7 Å². The molecule has 0 saturated heterocycles. The first kappa shape index (κ1) is 19.7. The molecule has 26 heavy (non-hydrogen) atoms. The number of hydrogen-bond donors (Lipinski definition) is 4. The number of aryl methyl sites for hydroxylation is 1. The van der Waals surface area contributed by atoms with Gasteiger partial charge in [0.25, 0.3) is 0 Å². The number of hydrogen-bond acceptors (Lipinski definition) is 5. The van der Waals surface area contributed by atoms with Crippen molar-refractivity contribution < 1.29 is 23.1 Å². The predicted molar refractivity (Wildman–Crippen MR) is 91.4 cm³/mol. The molecule has 0 radical (unpaired) electrons. The maximum Gasteiger partial charge on any atom is 0.417 e. The van der Waals surface area contributed by atoms with Gasteiger partial charge in [-0.1, -0.05) is 11.6 Å². The Morgan fingerprint density at radius 3 is 2.62 bits per heavy atom. The first-order valence-corrected chi connectivity index (χ1v) is 7.72. The van der Waals surface area contributed by atoms with Gasteiger partial charge in [0.1, 0.15) is 5.82 Å². The summed E-state index contributed by atoms with van der Waals surface area (Å²) < 4.78 is 38.5. The normalized spacial score (nSPS) is 11.2. The van der Waals surface area contributed by atoms with Gasteiger partial charge in [-0.3, -0.25) is 5.32 Å². The van der Waals surface area contributed by atoms with Crippen molar-refractivity contribution in [2.75, 3.05) is 29.1 Å². The first-order valence-electron chi connectivity index (χ1n) is 7.34. The number of aliphatic hydroxyl groups is 1. The molecule has 0 aliphatic rings. The van der Waals surface area contributed by atoms with E-state index in [1.807, 2.05) is 0 Å². The average Bonchev–Trinajstić information content (AvgIpc) is 2.53. The molecule has 140 valence electrons. The van der Waals surface area contributed by atoms with Crippen LogP contribution in [0.3, 0.4) is 0 Å². The highest BCUT2D eigenvalue weighted by Crippen LogP contribution is 2.36. The van der Waals surface area contributed by atoms with E-state index in [2.05, 4.69) is 25.9 Å². The summed E-state index contributed by atoms with van der Waals surface area (Å²) in [6.45, 7) is 1.82. The maximum atomic E-state index is 12.8. The van der Waals surface area contributed by atoms with Crippen molar-refractivity contribution in [1.29, 1.82) is 0 Å². The number of halogens is 4. The first-order chi connectivity index (χ1) is 12.2. The lowest BCUT2D eigenvalue weighted by Crippen LogP contribution is -2.22. The number of benzene rings is 1. The van der Waals surface area contributed by atoms with Gasteiger partial charge in [0.2, 0.25) is 5.95 Å². The van der Waals surface area contributed by atoms with Gasteiger partial charge in [-0.2, -0.15) is 18.2 Å². The highest BCUT2D eigenvalue weighted by Gasteiger charge is 2.33. The second-order valence-electron chi connectivity index (χ2n) is 5.14. The molecule has 4 N–H and O–H groups in total. The van der Waals surface area contributed by atoms with E-state index in [9.17, 15) is 18.0 Å². The Morgan fingerprint density at radius 1 is 1.23 bits per heavy atom. The Balaban J connectivity index is 2.11. The molecule has 2 aromatic rings. The van der Waals surface area contributed by atoms with Crippen molar-refractivity contribution in [2.24, 2.45) is 0 Å². The third-order valence-corrected chi connectivity index (χ3v) is 3.36. The molecule has 2 rings (SSSR count). The number of alkyl halides is 3. The number of anilines is 3. The lowest BCUT2D eigenvalue weighted by molar-refractivity contribution is -0.137. The molecule has 0 fully saturated rings. The van der Waals surface area contributed by atoms with E-state index in [1.54, 1.807) is 13.0 Å². The van der Waals surface area contributed by atoms with Crippen LogP contribution in [0, 0.1) is 6.92 Å².